The van der Waals surface area contributed by atoms with Gasteiger partial charge in [0.05, 0.1) is 11.4 Å². The number of ether oxygens (including phenoxy) is 2. The lowest BCUT2D eigenvalue weighted by Gasteiger charge is -2.12. The van der Waals surface area contributed by atoms with Crippen LogP contribution in [0.25, 0.3) is 0 Å². The molecule has 7 nitrogen and oxygen atoms in total. The van der Waals surface area contributed by atoms with Crippen LogP contribution in [0.1, 0.15) is 16.8 Å². The van der Waals surface area contributed by atoms with Crippen molar-refractivity contribution >= 4 is 23.2 Å². The van der Waals surface area contributed by atoms with Crippen LogP contribution in [-0.2, 0) is 4.79 Å². The van der Waals surface area contributed by atoms with Crippen LogP contribution in [0.4, 0.5) is 11.4 Å². The summed E-state index contributed by atoms with van der Waals surface area (Å²) < 4.78 is 10.5. The first-order chi connectivity index (χ1) is 11.7. The highest BCUT2D eigenvalue weighted by Gasteiger charge is 2.17. The molecule has 0 bridgehead atoms. The quantitative estimate of drug-likeness (QED) is 0.779. The second-order valence-corrected chi connectivity index (χ2v) is 5.15. The molecule has 0 saturated heterocycles. The van der Waals surface area contributed by atoms with E-state index in [2.05, 4.69) is 10.6 Å². The van der Waals surface area contributed by atoms with Crippen LogP contribution in [0.3, 0.4) is 0 Å². The average Bonchev–Trinajstić information content (AvgIpc) is 3.04. The lowest BCUT2D eigenvalue weighted by atomic mass is 10.1. The van der Waals surface area contributed by atoms with Gasteiger partial charge in [0.15, 0.2) is 11.5 Å². The van der Waals surface area contributed by atoms with Crippen molar-refractivity contribution in [3.8, 4) is 11.5 Å². The second-order valence-electron chi connectivity index (χ2n) is 5.15. The largest absolute Gasteiger partial charge is 0.454 e. The first-order valence-corrected chi connectivity index (χ1v) is 7.47. The Hall–Kier alpha value is -3.06. The third-order valence-corrected chi connectivity index (χ3v) is 3.46. The van der Waals surface area contributed by atoms with Gasteiger partial charge in [0, 0.05) is 18.5 Å². The number of anilines is 2. The summed E-state index contributed by atoms with van der Waals surface area (Å²) in [5.74, 6) is 0.629. The van der Waals surface area contributed by atoms with Gasteiger partial charge in [0.2, 0.25) is 12.7 Å². The minimum Gasteiger partial charge on any atom is -0.454 e. The number of para-hydroxylation sites is 2. The molecule has 0 unspecified atom stereocenters. The number of amides is 2. The Morgan fingerprint density at radius 1 is 1.00 bits per heavy atom. The first kappa shape index (κ1) is 15.8. The maximum Gasteiger partial charge on any atom is 0.255 e. The maximum absolute atomic E-state index is 12.4. The molecule has 1 heterocycles. The molecule has 1 aliphatic heterocycles. The number of hydrogen-bond donors (Lipinski definition) is 3. The maximum atomic E-state index is 12.4. The van der Waals surface area contributed by atoms with Crippen molar-refractivity contribution in [1.29, 1.82) is 0 Å². The molecule has 2 amide bonds. The molecule has 0 atom stereocenters. The third-order valence-electron chi connectivity index (χ3n) is 3.46. The molecule has 0 saturated carbocycles. The van der Waals surface area contributed by atoms with Crippen LogP contribution < -0.4 is 25.8 Å². The summed E-state index contributed by atoms with van der Waals surface area (Å²) in [5.41, 5.74) is 6.83. The zero-order valence-corrected chi connectivity index (χ0v) is 12.9. The number of hydrogen-bond acceptors (Lipinski definition) is 5. The van der Waals surface area contributed by atoms with Crippen molar-refractivity contribution in [3.63, 3.8) is 0 Å². The van der Waals surface area contributed by atoms with Gasteiger partial charge in [-0.25, -0.2) is 0 Å². The predicted octanol–water partition coefficient (Wildman–Crippen LogP) is 1.95. The summed E-state index contributed by atoms with van der Waals surface area (Å²) in [6.45, 7) is 0.411. The van der Waals surface area contributed by atoms with E-state index < -0.39 is 0 Å². The standard InChI is InChI=1S/C17H17N3O4/c18-8-7-16(21)19-12-3-1-2-4-13(12)20-17(22)11-5-6-14-15(9-11)24-10-23-14/h1-6,9H,7-8,10,18H2,(H,19,21)(H,20,22). The summed E-state index contributed by atoms with van der Waals surface area (Å²) >= 11 is 0. The minimum atomic E-state index is -0.311. The number of carbonyl (C=O) groups is 2. The molecule has 124 valence electrons. The molecule has 0 fully saturated rings. The molecule has 3 rings (SSSR count). The van der Waals surface area contributed by atoms with Crippen molar-refractivity contribution < 1.29 is 19.1 Å². The number of fused-ring (bicyclic) bond motifs is 1. The number of nitrogens with one attached hydrogen (secondary N) is 2. The fourth-order valence-corrected chi connectivity index (χ4v) is 2.28. The lowest BCUT2D eigenvalue weighted by molar-refractivity contribution is -0.116. The molecule has 2 aromatic carbocycles. The van der Waals surface area contributed by atoms with Crippen molar-refractivity contribution in [2.24, 2.45) is 5.73 Å². The van der Waals surface area contributed by atoms with E-state index in [1.54, 1.807) is 42.5 Å². The smallest absolute Gasteiger partial charge is 0.255 e. The SMILES string of the molecule is NCCC(=O)Nc1ccccc1NC(=O)c1ccc2c(c1)OCO2. The van der Waals surface area contributed by atoms with Gasteiger partial charge in [0.1, 0.15) is 0 Å². The summed E-state index contributed by atoms with van der Waals surface area (Å²) in [6.07, 6.45) is 0.213. The van der Waals surface area contributed by atoms with E-state index in [1.807, 2.05) is 0 Å². The molecule has 1 aliphatic rings. The van der Waals surface area contributed by atoms with E-state index in [0.717, 1.165) is 0 Å². The Morgan fingerprint density at radius 3 is 2.46 bits per heavy atom. The van der Waals surface area contributed by atoms with E-state index in [-0.39, 0.29) is 31.6 Å². The average molecular weight is 327 g/mol. The van der Waals surface area contributed by atoms with Crippen LogP contribution in [0.15, 0.2) is 42.5 Å². The van der Waals surface area contributed by atoms with Gasteiger partial charge in [-0.2, -0.15) is 0 Å². The first-order valence-electron chi connectivity index (χ1n) is 7.47. The molecule has 7 heteroatoms. The Kier molecular flexibility index (Phi) is 4.62. The summed E-state index contributed by atoms with van der Waals surface area (Å²) in [7, 11) is 0. The number of nitrogens with two attached hydrogens (primary N) is 1. The summed E-state index contributed by atoms with van der Waals surface area (Å²) in [6, 6.07) is 11.9. The van der Waals surface area contributed by atoms with Crippen LogP contribution in [0.5, 0.6) is 11.5 Å². The van der Waals surface area contributed by atoms with Crippen molar-refractivity contribution in [3.05, 3.63) is 48.0 Å². The van der Waals surface area contributed by atoms with E-state index in [1.165, 1.54) is 0 Å². The van der Waals surface area contributed by atoms with E-state index in [0.29, 0.717) is 28.4 Å². The molecular formula is C17H17N3O4. The predicted molar refractivity (Wildman–Crippen MR) is 89.3 cm³/mol. The van der Waals surface area contributed by atoms with Gasteiger partial charge >= 0.3 is 0 Å². The highest BCUT2D eigenvalue weighted by molar-refractivity contribution is 6.07. The monoisotopic (exact) mass is 327 g/mol. The van der Waals surface area contributed by atoms with Crippen molar-refractivity contribution in [1.82, 2.24) is 0 Å². The van der Waals surface area contributed by atoms with Gasteiger partial charge < -0.3 is 25.8 Å². The summed E-state index contributed by atoms with van der Waals surface area (Å²) in [5, 5.41) is 5.52. The van der Waals surface area contributed by atoms with Crippen LogP contribution in [0, 0.1) is 0 Å². The molecule has 24 heavy (non-hydrogen) atoms. The van der Waals surface area contributed by atoms with E-state index in [4.69, 9.17) is 15.2 Å². The van der Waals surface area contributed by atoms with Crippen LogP contribution >= 0.6 is 0 Å². The molecular weight excluding hydrogens is 310 g/mol. The van der Waals surface area contributed by atoms with Crippen molar-refractivity contribution in [2.75, 3.05) is 24.0 Å². The van der Waals surface area contributed by atoms with Gasteiger partial charge in [0.25, 0.3) is 5.91 Å². The topological polar surface area (TPSA) is 103 Å². The van der Waals surface area contributed by atoms with Crippen LogP contribution in [-0.4, -0.2) is 25.2 Å². The van der Waals surface area contributed by atoms with Gasteiger partial charge in [-0.3, -0.25) is 9.59 Å². The van der Waals surface area contributed by atoms with Gasteiger partial charge in [-0.1, -0.05) is 12.1 Å². The molecule has 0 aliphatic carbocycles. The van der Waals surface area contributed by atoms with Crippen molar-refractivity contribution in [2.45, 2.75) is 6.42 Å². The Balaban J connectivity index is 1.76. The number of benzene rings is 2. The van der Waals surface area contributed by atoms with E-state index >= 15 is 0 Å². The fraction of sp³-hybridized carbons (Fsp3) is 0.176. The molecule has 0 radical (unpaired) electrons. The Labute approximate surface area is 138 Å². The van der Waals surface area contributed by atoms with E-state index in [9.17, 15) is 9.59 Å². The molecule has 0 spiro atoms. The van der Waals surface area contributed by atoms with Crippen LogP contribution in [0.2, 0.25) is 0 Å². The zero-order valence-electron chi connectivity index (χ0n) is 12.9. The van der Waals surface area contributed by atoms with Gasteiger partial charge in [-0.05, 0) is 30.3 Å². The zero-order chi connectivity index (χ0) is 16.9. The Morgan fingerprint density at radius 2 is 1.71 bits per heavy atom. The highest BCUT2D eigenvalue weighted by Crippen LogP contribution is 2.33. The molecule has 4 N–H and O–H groups in total. The Bertz CT molecular complexity index is 776. The number of rotatable bonds is 5. The number of carbonyl (C=O) groups excluding carboxylic acids is 2. The third kappa shape index (κ3) is 3.47. The normalized spacial score (nSPS) is 11.9. The molecule has 2 aromatic rings. The highest BCUT2D eigenvalue weighted by atomic mass is 16.7. The lowest BCUT2D eigenvalue weighted by Crippen LogP contribution is -2.18. The van der Waals surface area contributed by atoms with Gasteiger partial charge in [-0.15, -0.1) is 0 Å². The fourth-order valence-electron chi connectivity index (χ4n) is 2.28. The molecule has 0 aromatic heterocycles. The summed E-state index contributed by atoms with van der Waals surface area (Å²) in [4.78, 5) is 24.2. The minimum absolute atomic E-state index is 0.149. The second kappa shape index (κ2) is 7.01.